The average molecular weight is 391 g/mol. The van der Waals surface area contributed by atoms with Crippen LogP contribution in [0, 0.1) is 0 Å². The second kappa shape index (κ2) is 8.73. The zero-order chi connectivity index (χ0) is 20.9. The van der Waals surface area contributed by atoms with Gasteiger partial charge in [-0.2, -0.15) is 4.98 Å². The molecule has 0 atom stereocenters. The van der Waals surface area contributed by atoms with E-state index in [1.54, 1.807) is 0 Å². The van der Waals surface area contributed by atoms with E-state index in [9.17, 15) is 14.7 Å². The van der Waals surface area contributed by atoms with Crippen LogP contribution in [-0.4, -0.2) is 41.3 Å². The van der Waals surface area contributed by atoms with Gasteiger partial charge in [-0.05, 0) is 18.6 Å². The van der Waals surface area contributed by atoms with E-state index in [1.807, 2.05) is 20.8 Å². The first kappa shape index (κ1) is 21.2. The Bertz CT molecular complexity index is 854. The number of amides is 1. The number of anilines is 1. The first-order valence-electron chi connectivity index (χ1n) is 8.78. The molecule has 9 heteroatoms. The molecule has 0 aliphatic rings. The van der Waals surface area contributed by atoms with Crippen LogP contribution in [0.15, 0.2) is 16.7 Å². The highest BCUT2D eigenvalue weighted by Gasteiger charge is 2.21. The summed E-state index contributed by atoms with van der Waals surface area (Å²) >= 11 is 0. The molecule has 2 rings (SSSR count). The molecule has 0 radical (unpaired) electrons. The molecule has 9 nitrogen and oxygen atoms in total. The van der Waals surface area contributed by atoms with Gasteiger partial charge in [-0.15, -0.1) is 0 Å². The molecule has 0 bridgehead atoms. The van der Waals surface area contributed by atoms with Gasteiger partial charge in [0.2, 0.25) is 11.8 Å². The van der Waals surface area contributed by atoms with Crippen molar-refractivity contribution in [3.8, 4) is 11.5 Å². The van der Waals surface area contributed by atoms with Gasteiger partial charge in [0, 0.05) is 18.3 Å². The fourth-order valence-corrected chi connectivity index (χ4v) is 2.45. The van der Waals surface area contributed by atoms with Gasteiger partial charge in [0.25, 0.3) is 0 Å². The Labute approximate surface area is 163 Å². The Morgan fingerprint density at radius 3 is 2.46 bits per heavy atom. The molecule has 152 valence electrons. The van der Waals surface area contributed by atoms with E-state index in [0.29, 0.717) is 24.6 Å². The lowest BCUT2D eigenvalue weighted by atomic mass is 9.96. The van der Waals surface area contributed by atoms with Crippen LogP contribution in [0.4, 0.5) is 5.69 Å². The molecule has 0 fully saturated rings. The lowest BCUT2D eigenvalue weighted by molar-refractivity contribution is -0.116. The third kappa shape index (κ3) is 5.21. The number of methoxy groups -OCH3 is 2. The maximum atomic E-state index is 12.3. The Hall–Kier alpha value is -3.10. The molecule has 1 heterocycles. The van der Waals surface area contributed by atoms with Crippen LogP contribution in [0.3, 0.4) is 0 Å². The molecule has 1 aromatic carbocycles. The smallest absolute Gasteiger partial charge is 0.335 e. The summed E-state index contributed by atoms with van der Waals surface area (Å²) in [4.78, 5) is 27.9. The van der Waals surface area contributed by atoms with Gasteiger partial charge in [-0.25, -0.2) is 4.79 Å². The summed E-state index contributed by atoms with van der Waals surface area (Å²) in [5.41, 5.74) is 0.00903. The molecule has 28 heavy (non-hydrogen) atoms. The Balaban J connectivity index is 2.01. The molecule has 0 saturated heterocycles. The average Bonchev–Trinajstić information content (AvgIpc) is 3.10. The third-order valence-corrected chi connectivity index (χ3v) is 3.93. The van der Waals surface area contributed by atoms with Crippen LogP contribution in [0.1, 0.15) is 55.7 Å². The van der Waals surface area contributed by atoms with Crippen molar-refractivity contribution in [2.24, 2.45) is 0 Å². The van der Waals surface area contributed by atoms with Gasteiger partial charge < -0.3 is 24.4 Å². The first-order valence-corrected chi connectivity index (χ1v) is 8.78. The number of hydrogen-bond acceptors (Lipinski definition) is 7. The zero-order valence-corrected chi connectivity index (χ0v) is 16.7. The van der Waals surface area contributed by atoms with Crippen molar-refractivity contribution in [2.75, 3.05) is 19.5 Å². The van der Waals surface area contributed by atoms with Crippen molar-refractivity contribution in [1.82, 2.24) is 10.1 Å². The van der Waals surface area contributed by atoms with Gasteiger partial charge in [0.1, 0.15) is 0 Å². The molecule has 2 N–H and O–H groups in total. The van der Waals surface area contributed by atoms with E-state index >= 15 is 0 Å². The number of aromatic carboxylic acids is 1. The molecule has 2 aromatic rings. The van der Waals surface area contributed by atoms with E-state index in [1.165, 1.54) is 26.4 Å². The number of hydrogen-bond donors (Lipinski definition) is 2. The van der Waals surface area contributed by atoms with Crippen molar-refractivity contribution >= 4 is 17.6 Å². The van der Waals surface area contributed by atoms with Gasteiger partial charge >= 0.3 is 5.97 Å². The maximum absolute atomic E-state index is 12.3. The second-order valence-electron chi connectivity index (χ2n) is 7.23. The van der Waals surface area contributed by atoms with E-state index in [2.05, 4.69) is 15.5 Å². The second-order valence-corrected chi connectivity index (χ2v) is 7.23. The lowest BCUT2D eigenvalue weighted by Crippen LogP contribution is -2.14. The normalized spacial score (nSPS) is 11.2. The number of carboxylic acids is 1. The number of benzene rings is 1. The highest BCUT2D eigenvalue weighted by Crippen LogP contribution is 2.36. The van der Waals surface area contributed by atoms with Gasteiger partial charge in [0.05, 0.1) is 25.5 Å². The molecule has 0 unspecified atom stereocenters. The fraction of sp³-hybridized carbons (Fsp3) is 0.474. The zero-order valence-electron chi connectivity index (χ0n) is 16.7. The number of nitrogens with one attached hydrogen (secondary N) is 1. The first-order chi connectivity index (χ1) is 13.2. The molecule has 0 saturated carbocycles. The number of rotatable bonds is 8. The highest BCUT2D eigenvalue weighted by molar-refractivity contribution is 5.96. The highest BCUT2D eigenvalue weighted by atomic mass is 16.5. The van der Waals surface area contributed by atoms with Gasteiger partial charge in [-0.3, -0.25) is 4.79 Å². The molecule has 0 aliphatic heterocycles. The Kier molecular flexibility index (Phi) is 6.61. The monoisotopic (exact) mass is 391 g/mol. The Morgan fingerprint density at radius 2 is 1.93 bits per heavy atom. The van der Waals surface area contributed by atoms with Crippen LogP contribution in [0.5, 0.6) is 11.5 Å². The van der Waals surface area contributed by atoms with Gasteiger partial charge in [-0.1, -0.05) is 25.9 Å². The minimum absolute atomic E-state index is 0.0199. The fourth-order valence-electron chi connectivity index (χ4n) is 2.45. The van der Waals surface area contributed by atoms with Crippen molar-refractivity contribution in [3.05, 3.63) is 29.4 Å². The van der Waals surface area contributed by atoms with E-state index in [4.69, 9.17) is 14.0 Å². The largest absolute Gasteiger partial charge is 0.493 e. The lowest BCUT2D eigenvalue weighted by Gasteiger charge is -2.14. The topological polar surface area (TPSA) is 124 Å². The predicted octanol–water partition coefficient (Wildman–Crippen LogP) is 3.04. The summed E-state index contributed by atoms with van der Waals surface area (Å²) in [6.07, 6.45) is 1.15. The summed E-state index contributed by atoms with van der Waals surface area (Å²) < 4.78 is 15.6. The van der Waals surface area contributed by atoms with Gasteiger partial charge in [0.15, 0.2) is 17.3 Å². The molecule has 0 spiro atoms. The predicted molar refractivity (Wildman–Crippen MR) is 101 cm³/mol. The standard InChI is InChI=1S/C19H25N3O6/c1-19(2,3)18-21-15(28-22-18)8-6-7-14(23)20-12-9-11(17(24)25)10-13(26-4)16(12)27-5/h9-10H,6-8H2,1-5H3,(H,20,23)(H,24,25). The number of nitrogens with zero attached hydrogens (tertiary/aromatic N) is 2. The summed E-state index contributed by atoms with van der Waals surface area (Å²) in [6.45, 7) is 5.96. The van der Waals surface area contributed by atoms with Crippen molar-refractivity contribution < 1.29 is 28.7 Å². The number of carboxylic acid groups (broad SMARTS) is 1. The van der Waals surface area contributed by atoms with Crippen LogP contribution >= 0.6 is 0 Å². The van der Waals surface area contributed by atoms with E-state index in [-0.39, 0.29) is 40.5 Å². The van der Waals surface area contributed by atoms with Crippen LogP contribution in [0.2, 0.25) is 0 Å². The molecular formula is C19H25N3O6. The minimum Gasteiger partial charge on any atom is -0.493 e. The Morgan fingerprint density at radius 1 is 1.21 bits per heavy atom. The number of aryl methyl sites for hydroxylation is 1. The van der Waals surface area contributed by atoms with Crippen molar-refractivity contribution in [3.63, 3.8) is 0 Å². The number of carbonyl (C=O) groups is 2. The quantitative estimate of drug-likeness (QED) is 0.704. The van der Waals surface area contributed by atoms with Crippen LogP contribution < -0.4 is 14.8 Å². The summed E-state index contributed by atoms with van der Waals surface area (Å²) in [5, 5.41) is 15.8. The summed E-state index contributed by atoms with van der Waals surface area (Å²) in [7, 11) is 2.81. The molecular weight excluding hydrogens is 366 g/mol. The maximum Gasteiger partial charge on any atom is 0.335 e. The SMILES string of the molecule is COc1cc(C(=O)O)cc(NC(=O)CCCc2nc(C(C)(C)C)no2)c1OC. The van der Waals surface area contributed by atoms with Crippen molar-refractivity contribution in [1.29, 1.82) is 0 Å². The number of ether oxygens (including phenoxy) is 2. The summed E-state index contributed by atoms with van der Waals surface area (Å²) in [6, 6.07) is 2.66. The minimum atomic E-state index is -1.14. The molecule has 1 aromatic heterocycles. The summed E-state index contributed by atoms with van der Waals surface area (Å²) in [5.74, 6) is 0.144. The van der Waals surface area contributed by atoms with E-state index in [0.717, 1.165) is 0 Å². The molecule has 1 amide bonds. The number of carbonyl (C=O) groups excluding carboxylic acids is 1. The molecule has 0 aliphatic carbocycles. The third-order valence-electron chi connectivity index (χ3n) is 3.93. The van der Waals surface area contributed by atoms with Crippen LogP contribution in [-0.2, 0) is 16.6 Å². The number of aromatic nitrogens is 2. The van der Waals surface area contributed by atoms with Crippen molar-refractivity contribution in [2.45, 2.75) is 45.4 Å². The van der Waals surface area contributed by atoms with Crippen LogP contribution in [0.25, 0.3) is 0 Å². The van der Waals surface area contributed by atoms with E-state index < -0.39 is 5.97 Å².